The first-order chi connectivity index (χ1) is 10.3. The lowest BCUT2D eigenvalue weighted by Gasteiger charge is -2.09. The Bertz CT molecular complexity index is 745. The first-order valence-corrected chi connectivity index (χ1v) is 6.68. The van der Waals surface area contributed by atoms with Gasteiger partial charge in [-0.05, 0) is 36.4 Å². The summed E-state index contributed by atoms with van der Waals surface area (Å²) in [6, 6.07) is 15.9. The normalized spacial score (nSPS) is 10.5. The van der Waals surface area contributed by atoms with E-state index in [-0.39, 0.29) is 18.2 Å². The minimum absolute atomic E-state index is 0.240. The number of halogens is 1. The molecule has 0 amide bonds. The fourth-order valence-electron chi connectivity index (χ4n) is 2.02. The Morgan fingerprint density at radius 1 is 0.905 bits per heavy atom. The zero-order valence-electron chi connectivity index (χ0n) is 11.3. The molecule has 2 aromatic carbocycles. The van der Waals surface area contributed by atoms with Gasteiger partial charge in [0.05, 0.1) is 5.52 Å². The maximum atomic E-state index is 13.3. The largest absolute Gasteiger partial charge is 0.490 e. The van der Waals surface area contributed by atoms with Gasteiger partial charge in [0.1, 0.15) is 19.0 Å². The second-order valence-corrected chi connectivity index (χ2v) is 4.49. The summed E-state index contributed by atoms with van der Waals surface area (Å²) in [5.74, 6) is 0.616. The topological polar surface area (TPSA) is 31.4 Å². The molecule has 3 nitrogen and oxygen atoms in total. The predicted molar refractivity (Wildman–Crippen MR) is 79.1 cm³/mol. The molecule has 4 heteroatoms. The van der Waals surface area contributed by atoms with Crippen LogP contribution in [0.4, 0.5) is 4.39 Å². The van der Waals surface area contributed by atoms with Crippen LogP contribution < -0.4 is 9.47 Å². The zero-order valence-corrected chi connectivity index (χ0v) is 11.3. The van der Waals surface area contributed by atoms with E-state index in [1.807, 2.05) is 30.3 Å². The second-order valence-electron chi connectivity index (χ2n) is 4.49. The van der Waals surface area contributed by atoms with Gasteiger partial charge >= 0.3 is 0 Å². The van der Waals surface area contributed by atoms with Gasteiger partial charge in [0.2, 0.25) is 0 Å². The summed E-state index contributed by atoms with van der Waals surface area (Å²) in [5, 5.41) is 1.02. The molecule has 0 spiro atoms. The van der Waals surface area contributed by atoms with Gasteiger partial charge < -0.3 is 9.47 Å². The Hall–Kier alpha value is -2.62. The highest BCUT2D eigenvalue weighted by molar-refractivity contribution is 5.79. The van der Waals surface area contributed by atoms with Gasteiger partial charge in [-0.2, -0.15) is 0 Å². The first-order valence-electron chi connectivity index (χ1n) is 6.68. The summed E-state index contributed by atoms with van der Waals surface area (Å²) in [7, 11) is 0. The molecule has 0 aliphatic carbocycles. The van der Waals surface area contributed by atoms with Gasteiger partial charge in [-0.25, -0.2) is 4.39 Å². The number of pyridine rings is 1. The van der Waals surface area contributed by atoms with Crippen LogP contribution in [0.1, 0.15) is 0 Å². The standard InChI is InChI=1S/C17H14FNO2/c18-15-5-1-2-6-17(15)21-11-10-20-14-7-8-16-13(12-14)4-3-9-19-16/h1-9,12H,10-11H2. The van der Waals surface area contributed by atoms with Crippen LogP contribution in [-0.2, 0) is 0 Å². The molecule has 0 atom stereocenters. The molecule has 0 aliphatic heterocycles. The molecule has 0 unspecified atom stereocenters. The van der Waals surface area contributed by atoms with Gasteiger partial charge in [-0.15, -0.1) is 0 Å². The lowest BCUT2D eigenvalue weighted by atomic mass is 10.2. The molecule has 0 bridgehead atoms. The third-order valence-electron chi connectivity index (χ3n) is 3.02. The number of fused-ring (bicyclic) bond motifs is 1. The van der Waals surface area contributed by atoms with Crippen LogP contribution in [0.25, 0.3) is 10.9 Å². The molecule has 0 saturated heterocycles. The van der Waals surface area contributed by atoms with Crippen LogP contribution in [0.15, 0.2) is 60.8 Å². The molecule has 0 radical (unpaired) electrons. The average Bonchev–Trinajstić information content (AvgIpc) is 2.53. The lowest BCUT2D eigenvalue weighted by Crippen LogP contribution is -2.09. The Morgan fingerprint density at radius 3 is 2.67 bits per heavy atom. The minimum atomic E-state index is -0.366. The molecule has 21 heavy (non-hydrogen) atoms. The SMILES string of the molecule is Fc1ccccc1OCCOc1ccc2ncccc2c1. The van der Waals surface area contributed by atoms with Crippen molar-refractivity contribution < 1.29 is 13.9 Å². The van der Waals surface area contributed by atoms with Crippen LogP contribution in [0.2, 0.25) is 0 Å². The van der Waals surface area contributed by atoms with E-state index in [2.05, 4.69) is 4.98 Å². The van der Waals surface area contributed by atoms with Gasteiger partial charge in [0, 0.05) is 11.6 Å². The van der Waals surface area contributed by atoms with Crippen molar-refractivity contribution in [3.8, 4) is 11.5 Å². The van der Waals surface area contributed by atoms with E-state index in [4.69, 9.17) is 9.47 Å². The van der Waals surface area contributed by atoms with E-state index in [0.29, 0.717) is 6.61 Å². The highest BCUT2D eigenvalue weighted by atomic mass is 19.1. The summed E-state index contributed by atoms with van der Waals surface area (Å²) in [4.78, 5) is 4.25. The number of hydrogen-bond acceptors (Lipinski definition) is 3. The van der Waals surface area contributed by atoms with Crippen LogP contribution in [-0.4, -0.2) is 18.2 Å². The highest BCUT2D eigenvalue weighted by Gasteiger charge is 2.02. The van der Waals surface area contributed by atoms with Crippen LogP contribution in [0.3, 0.4) is 0 Å². The first kappa shape index (κ1) is 13.4. The molecule has 0 aliphatic rings. The molecule has 1 aromatic heterocycles. The fourth-order valence-corrected chi connectivity index (χ4v) is 2.02. The van der Waals surface area contributed by atoms with Crippen molar-refractivity contribution in [3.63, 3.8) is 0 Å². The third kappa shape index (κ3) is 3.28. The van der Waals surface area contributed by atoms with Gasteiger partial charge in [0.15, 0.2) is 11.6 Å². The minimum Gasteiger partial charge on any atom is -0.490 e. The fraction of sp³-hybridized carbons (Fsp3) is 0.118. The number of rotatable bonds is 5. The molecule has 0 fully saturated rings. The van der Waals surface area contributed by atoms with E-state index in [1.165, 1.54) is 6.07 Å². The summed E-state index contributed by atoms with van der Waals surface area (Å²) < 4.78 is 24.3. The van der Waals surface area contributed by atoms with Crippen molar-refractivity contribution in [2.75, 3.05) is 13.2 Å². The van der Waals surface area contributed by atoms with E-state index in [9.17, 15) is 4.39 Å². The number of para-hydroxylation sites is 1. The Morgan fingerprint density at radius 2 is 1.76 bits per heavy atom. The van der Waals surface area contributed by atoms with E-state index in [1.54, 1.807) is 24.4 Å². The van der Waals surface area contributed by atoms with E-state index < -0.39 is 0 Å². The second kappa shape index (κ2) is 6.22. The van der Waals surface area contributed by atoms with Crippen molar-refractivity contribution in [1.82, 2.24) is 4.98 Å². The zero-order chi connectivity index (χ0) is 14.5. The van der Waals surface area contributed by atoms with E-state index in [0.717, 1.165) is 16.7 Å². The van der Waals surface area contributed by atoms with Crippen molar-refractivity contribution in [3.05, 3.63) is 66.6 Å². The maximum absolute atomic E-state index is 13.3. The molecule has 1 heterocycles. The van der Waals surface area contributed by atoms with Crippen molar-refractivity contribution >= 4 is 10.9 Å². The predicted octanol–water partition coefficient (Wildman–Crippen LogP) is 3.83. The number of nitrogens with zero attached hydrogens (tertiary/aromatic N) is 1. The van der Waals surface area contributed by atoms with Gasteiger partial charge in [-0.1, -0.05) is 18.2 Å². The Labute approximate surface area is 122 Å². The summed E-state index contributed by atoms with van der Waals surface area (Å²) in [6.45, 7) is 0.631. The Balaban J connectivity index is 1.56. The number of hydrogen-bond donors (Lipinski definition) is 0. The summed E-state index contributed by atoms with van der Waals surface area (Å²) in [6.07, 6.45) is 1.76. The smallest absolute Gasteiger partial charge is 0.165 e. The molecule has 3 rings (SSSR count). The maximum Gasteiger partial charge on any atom is 0.165 e. The molecule has 0 saturated carbocycles. The number of aromatic nitrogens is 1. The van der Waals surface area contributed by atoms with Gasteiger partial charge in [0.25, 0.3) is 0 Å². The lowest BCUT2D eigenvalue weighted by molar-refractivity contribution is 0.211. The number of ether oxygens (including phenoxy) is 2. The van der Waals surface area contributed by atoms with E-state index >= 15 is 0 Å². The monoisotopic (exact) mass is 283 g/mol. The molecular formula is C17H14FNO2. The molecule has 0 N–H and O–H groups in total. The molecule has 106 valence electrons. The quantitative estimate of drug-likeness (QED) is 0.667. The number of benzene rings is 2. The Kier molecular flexibility index (Phi) is 3.96. The van der Waals surface area contributed by atoms with Crippen LogP contribution >= 0.6 is 0 Å². The molecular weight excluding hydrogens is 269 g/mol. The third-order valence-corrected chi connectivity index (χ3v) is 3.02. The summed E-state index contributed by atoms with van der Waals surface area (Å²) in [5.41, 5.74) is 0.924. The summed E-state index contributed by atoms with van der Waals surface area (Å²) >= 11 is 0. The van der Waals surface area contributed by atoms with Crippen molar-refractivity contribution in [2.24, 2.45) is 0 Å². The van der Waals surface area contributed by atoms with Crippen LogP contribution in [0.5, 0.6) is 11.5 Å². The molecule has 3 aromatic rings. The average molecular weight is 283 g/mol. The van der Waals surface area contributed by atoms with Crippen LogP contribution in [0, 0.1) is 5.82 Å². The van der Waals surface area contributed by atoms with Gasteiger partial charge in [-0.3, -0.25) is 4.98 Å². The van der Waals surface area contributed by atoms with Crippen molar-refractivity contribution in [2.45, 2.75) is 0 Å². The highest BCUT2D eigenvalue weighted by Crippen LogP contribution is 2.19. The van der Waals surface area contributed by atoms with Crippen molar-refractivity contribution in [1.29, 1.82) is 0 Å².